The van der Waals surface area contributed by atoms with Gasteiger partial charge in [0.25, 0.3) is 0 Å². The van der Waals surface area contributed by atoms with E-state index < -0.39 is 40.8 Å². The molecule has 5 rings (SSSR count). The Hall–Kier alpha value is -2.55. The number of anilines is 1. The molecule has 29 heavy (non-hydrogen) atoms. The molecule has 1 aromatic heterocycles. The molecule has 154 valence electrons. The summed E-state index contributed by atoms with van der Waals surface area (Å²) in [6, 6.07) is -0.787. The topological polar surface area (TPSA) is 65.8 Å². The first-order valence-corrected chi connectivity index (χ1v) is 9.72. The molecule has 1 aliphatic carbocycles. The van der Waals surface area contributed by atoms with E-state index in [1.54, 1.807) is 4.90 Å². The van der Waals surface area contributed by atoms with Crippen LogP contribution in [0.5, 0.6) is 0 Å². The monoisotopic (exact) mass is 407 g/mol. The van der Waals surface area contributed by atoms with E-state index in [-0.39, 0.29) is 34.6 Å². The van der Waals surface area contributed by atoms with Gasteiger partial charge in [0.1, 0.15) is 17.4 Å². The maximum atomic E-state index is 15.8. The number of rotatable bonds is 3. The molecular formula is C20H20F3N3O3. The highest BCUT2D eigenvalue weighted by Crippen LogP contribution is 2.43. The van der Waals surface area contributed by atoms with Crippen molar-refractivity contribution in [3.8, 4) is 0 Å². The van der Waals surface area contributed by atoms with Crippen LogP contribution in [0.3, 0.4) is 0 Å². The number of pyridine rings is 1. The maximum Gasteiger partial charge on any atom is 0.341 e. The summed E-state index contributed by atoms with van der Waals surface area (Å²) < 4.78 is 46.2. The zero-order valence-electron chi connectivity index (χ0n) is 15.8. The van der Waals surface area contributed by atoms with Crippen LogP contribution in [0, 0.1) is 18.6 Å². The van der Waals surface area contributed by atoms with E-state index in [2.05, 4.69) is 4.90 Å². The molecule has 1 N–H and O–H groups in total. The third-order valence-corrected chi connectivity index (χ3v) is 6.46. The number of alkyl halides is 1. The standard InChI is InChI=1S/C20H20F3N3O3/c1-9-14-17(26(13-6-12(13)21)8-11(19(14)27)20(28)29)16(23)18(15(9)22)25-5-4-24-3-2-10(25)7-24/h8,10,12-13H,2-7H2,1H3,(H,28,29)/t10?,12-,13-/m1/s1. The van der Waals surface area contributed by atoms with Crippen LogP contribution >= 0.6 is 0 Å². The van der Waals surface area contributed by atoms with Crippen LogP contribution in [0.1, 0.15) is 34.8 Å². The first-order valence-electron chi connectivity index (χ1n) is 9.72. The number of carboxylic acid groups (broad SMARTS) is 1. The van der Waals surface area contributed by atoms with Gasteiger partial charge in [-0.25, -0.2) is 18.0 Å². The second kappa shape index (κ2) is 6.22. The molecule has 0 radical (unpaired) electrons. The first-order chi connectivity index (χ1) is 13.8. The number of nitrogens with zero attached hydrogens (tertiary/aromatic N) is 3. The average Bonchev–Trinajstić information content (AvgIpc) is 3.29. The average molecular weight is 407 g/mol. The number of hydrogen-bond donors (Lipinski definition) is 1. The molecular weight excluding hydrogens is 387 g/mol. The van der Waals surface area contributed by atoms with E-state index in [0.717, 1.165) is 25.7 Å². The number of hydrogen-bond acceptors (Lipinski definition) is 4. The normalized spacial score (nSPS) is 28.2. The highest BCUT2D eigenvalue weighted by atomic mass is 19.1. The van der Waals surface area contributed by atoms with Gasteiger partial charge in [-0.1, -0.05) is 0 Å². The van der Waals surface area contributed by atoms with E-state index in [0.29, 0.717) is 13.1 Å². The summed E-state index contributed by atoms with van der Waals surface area (Å²) in [6.45, 7) is 4.08. The summed E-state index contributed by atoms with van der Waals surface area (Å²) in [5.41, 5.74) is -2.08. The predicted molar refractivity (Wildman–Crippen MR) is 101 cm³/mol. The highest BCUT2D eigenvalue weighted by molar-refractivity contribution is 5.95. The number of halogens is 3. The van der Waals surface area contributed by atoms with Crippen molar-refractivity contribution < 1.29 is 23.1 Å². The number of carbonyl (C=O) groups is 1. The summed E-state index contributed by atoms with van der Waals surface area (Å²) in [5, 5.41) is 9.04. The lowest BCUT2D eigenvalue weighted by molar-refractivity contribution is 0.0694. The van der Waals surface area contributed by atoms with Crippen molar-refractivity contribution in [2.75, 3.05) is 31.1 Å². The molecule has 1 aromatic carbocycles. The summed E-state index contributed by atoms with van der Waals surface area (Å²) in [5.74, 6) is -3.28. The highest BCUT2D eigenvalue weighted by Gasteiger charge is 2.42. The second-order valence-corrected chi connectivity index (χ2v) is 8.17. The molecule has 3 fully saturated rings. The van der Waals surface area contributed by atoms with Crippen LogP contribution < -0.4 is 10.3 Å². The molecule has 2 bridgehead atoms. The van der Waals surface area contributed by atoms with Crippen LogP contribution in [0.25, 0.3) is 10.9 Å². The first kappa shape index (κ1) is 18.5. The van der Waals surface area contributed by atoms with Crippen molar-refractivity contribution in [1.29, 1.82) is 0 Å². The zero-order valence-corrected chi connectivity index (χ0v) is 15.8. The molecule has 4 atom stereocenters. The van der Waals surface area contributed by atoms with Gasteiger partial charge in [0.15, 0.2) is 11.6 Å². The Bertz CT molecular complexity index is 1120. The lowest BCUT2D eigenvalue weighted by Gasteiger charge is -2.37. The molecule has 2 saturated heterocycles. The molecule has 9 heteroatoms. The molecule has 2 aromatic rings. The Morgan fingerprint density at radius 1 is 1.21 bits per heavy atom. The molecule has 1 saturated carbocycles. The number of aromatic nitrogens is 1. The minimum absolute atomic E-state index is 0.0297. The van der Waals surface area contributed by atoms with Crippen molar-refractivity contribution in [3.63, 3.8) is 0 Å². The molecule has 3 aliphatic rings. The Morgan fingerprint density at radius 2 is 1.93 bits per heavy atom. The van der Waals surface area contributed by atoms with Gasteiger partial charge in [-0.05, 0) is 13.3 Å². The minimum atomic E-state index is -1.51. The lowest BCUT2D eigenvalue weighted by Crippen LogP contribution is -2.47. The summed E-state index contributed by atoms with van der Waals surface area (Å²) >= 11 is 0. The van der Waals surface area contributed by atoms with Crippen molar-refractivity contribution >= 4 is 22.6 Å². The summed E-state index contributed by atoms with van der Waals surface area (Å²) in [7, 11) is 0. The largest absolute Gasteiger partial charge is 0.477 e. The van der Waals surface area contributed by atoms with Crippen LogP contribution in [-0.4, -0.2) is 58.9 Å². The minimum Gasteiger partial charge on any atom is -0.477 e. The van der Waals surface area contributed by atoms with Crippen molar-refractivity contribution in [2.24, 2.45) is 0 Å². The van der Waals surface area contributed by atoms with E-state index in [1.165, 1.54) is 11.5 Å². The van der Waals surface area contributed by atoms with Crippen LogP contribution in [0.2, 0.25) is 0 Å². The fourth-order valence-corrected chi connectivity index (χ4v) is 4.80. The van der Waals surface area contributed by atoms with E-state index >= 15 is 8.78 Å². The number of carboxylic acids is 1. The van der Waals surface area contributed by atoms with Gasteiger partial charge >= 0.3 is 5.97 Å². The molecule has 3 heterocycles. The van der Waals surface area contributed by atoms with Gasteiger partial charge in [-0.2, -0.15) is 0 Å². The fraction of sp³-hybridized carbons (Fsp3) is 0.500. The van der Waals surface area contributed by atoms with Crippen molar-refractivity contribution in [1.82, 2.24) is 9.47 Å². The number of piperazine rings is 1. The summed E-state index contributed by atoms with van der Waals surface area (Å²) in [6.07, 6.45) is 0.628. The third-order valence-electron chi connectivity index (χ3n) is 6.46. The van der Waals surface area contributed by atoms with Gasteiger partial charge in [-0.15, -0.1) is 0 Å². The molecule has 0 amide bonds. The summed E-state index contributed by atoms with van der Waals surface area (Å²) in [4.78, 5) is 28.2. The zero-order chi connectivity index (χ0) is 20.6. The SMILES string of the molecule is Cc1c(F)c(N2CCN3CCC2C3)c(F)c2c1c(=O)c(C(=O)O)cn2[C@@H]1C[C@H]1F. The van der Waals surface area contributed by atoms with Gasteiger partial charge in [0.2, 0.25) is 5.43 Å². The predicted octanol–water partition coefficient (Wildman–Crippen LogP) is 2.46. The van der Waals surface area contributed by atoms with E-state index in [1.807, 2.05) is 0 Å². The van der Waals surface area contributed by atoms with Crippen molar-refractivity contribution in [3.05, 3.63) is 39.2 Å². The molecule has 6 nitrogen and oxygen atoms in total. The Kier molecular flexibility index (Phi) is 3.96. The van der Waals surface area contributed by atoms with Crippen LogP contribution in [0.4, 0.5) is 18.9 Å². The number of aromatic carboxylic acids is 1. The molecule has 2 aliphatic heterocycles. The second-order valence-electron chi connectivity index (χ2n) is 8.17. The van der Waals surface area contributed by atoms with Crippen LogP contribution in [-0.2, 0) is 0 Å². The Balaban J connectivity index is 1.82. The molecule has 0 spiro atoms. The number of fused-ring (bicyclic) bond motifs is 3. The maximum absolute atomic E-state index is 15.8. The van der Waals surface area contributed by atoms with Crippen molar-refractivity contribution in [2.45, 2.75) is 38.0 Å². The van der Waals surface area contributed by atoms with Gasteiger partial charge in [0, 0.05) is 50.4 Å². The fourth-order valence-electron chi connectivity index (χ4n) is 4.80. The van der Waals surface area contributed by atoms with Crippen LogP contribution in [0.15, 0.2) is 11.0 Å². The quantitative estimate of drug-likeness (QED) is 0.847. The Labute approximate surface area is 164 Å². The Morgan fingerprint density at radius 3 is 2.59 bits per heavy atom. The van der Waals surface area contributed by atoms with Gasteiger partial charge in [-0.3, -0.25) is 9.69 Å². The van der Waals surface area contributed by atoms with Gasteiger partial charge in [0.05, 0.1) is 16.9 Å². The third kappa shape index (κ3) is 2.59. The van der Waals surface area contributed by atoms with E-state index in [9.17, 15) is 19.1 Å². The van der Waals surface area contributed by atoms with Gasteiger partial charge < -0.3 is 14.6 Å². The number of aryl methyl sites for hydroxylation is 1. The lowest BCUT2D eigenvalue weighted by atomic mass is 10.0. The smallest absolute Gasteiger partial charge is 0.341 e. The van der Waals surface area contributed by atoms with E-state index in [4.69, 9.17) is 0 Å². The number of benzene rings is 1. The molecule has 2 unspecified atom stereocenters.